The zero-order valence-corrected chi connectivity index (χ0v) is 21.2. The molecule has 0 saturated carbocycles. The Kier molecular flexibility index (Phi) is 6.42. The van der Waals surface area contributed by atoms with Crippen LogP contribution in [0.3, 0.4) is 0 Å². The molecule has 0 N–H and O–H groups in total. The Labute approximate surface area is 211 Å². The fraction of sp³-hybridized carbons (Fsp3) is 0.308. The average Bonchev–Trinajstić information content (AvgIpc) is 3.42. The van der Waals surface area contributed by atoms with Gasteiger partial charge in [-0.2, -0.15) is 5.26 Å². The lowest BCUT2D eigenvalue weighted by Gasteiger charge is -2.25. The van der Waals surface area contributed by atoms with E-state index in [0.29, 0.717) is 32.1 Å². The van der Waals surface area contributed by atoms with Crippen molar-refractivity contribution in [1.82, 2.24) is 14.1 Å². The predicted molar refractivity (Wildman–Crippen MR) is 136 cm³/mol. The summed E-state index contributed by atoms with van der Waals surface area (Å²) in [5.41, 5.74) is 6.11. The third-order valence-electron chi connectivity index (χ3n) is 6.35. The maximum absolute atomic E-state index is 13.7. The number of alkyl halides is 1. The van der Waals surface area contributed by atoms with Crippen LogP contribution in [0.25, 0.3) is 22.3 Å². The number of rotatable bonds is 6. The van der Waals surface area contributed by atoms with Gasteiger partial charge in [-0.1, -0.05) is 28.7 Å². The summed E-state index contributed by atoms with van der Waals surface area (Å²) in [6.45, 7) is 6.15. The van der Waals surface area contributed by atoms with Crippen molar-refractivity contribution >= 4 is 33.5 Å². The fourth-order valence-electron chi connectivity index (χ4n) is 4.61. The van der Waals surface area contributed by atoms with Crippen LogP contribution in [0.4, 0.5) is 4.39 Å². The van der Waals surface area contributed by atoms with Crippen molar-refractivity contribution in [1.29, 1.82) is 5.26 Å². The molecule has 0 bridgehead atoms. The minimum atomic E-state index is -0.358. The van der Waals surface area contributed by atoms with Crippen LogP contribution in [-0.4, -0.2) is 31.8 Å². The summed E-state index contributed by atoms with van der Waals surface area (Å²) in [5, 5.41) is 10.5. The number of fused-ring (bicyclic) bond motifs is 2. The quantitative estimate of drug-likeness (QED) is 0.171. The Hall–Kier alpha value is -2.74. The van der Waals surface area contributed by atoms with E-state index in [4.69, 9.17) is 14.5 Å². The summed E-state index contributed by atoms with van der Waals surface area (Å²) in [7, 11) is 0. The van der Waals surface area contributed by atoms with E-state index in [-0.39, 0.29) is 11.9 Å². The van der Waals surface area contributed by atoms with Crippen molar-refractivity contribution in [3.8, 4) is 17.5 Å². The van der Waals surface area contributed by atoms with Crippen molar-refractivity contribution in [2.24, 2.45) is 0 Å². The highest BCUT2D eigenvalue weighted by Gasteiger charge is 2.28. The van der Waals surface area contributed by atoms with E-state index in [1.165, 1.54) is 12.1 Å². The summed E-state index contributed by atoms with van der Waals surface area (Å²) in [5.74, 6) is 0.541. The number of halogens is 2. The van der Waals surface area contributed by atoms with Crippen molar-refractivity contribution < 1.29 is 13.9 Å². The first-order valence-electron chi connectivity index (χ1n) is 11.1. The third-order valence-corrected chi connectivity index (χ3v) is 6.79. The van der Waals surface area contributed by atoms with Gasteiger partial charge in [0.1, 0.15) is 30.2 Å². The average molecular weight is 570 g/mol. The first kappa shape index (κ1) is 23.0. The van der Waals surface area contributed by atoms with Crippen molar-refractivity contribution in [3.63, 3.8) is 0 Å². The van der Waals surface area contributed by atoms with Crippen molar-refractivity contribution in [3.05, 3.63) is 76.5 Å². The fourth-order valence-corrected chi connectivity index (χ4v) is 4.92. The Morgan fingerprint density at radius 2 is 2.12 bits per heavy atom. The Bertz CT molecular complexity index is 1420. The van der Waals surface area contributed by atoms with Gasteiger partial charge >= 0.3 is 0 Å². The van der Waals surface area contributed by atoms with Crippen LogP contribution in [0.5, 0.6) is 0 Å². The predicted octanol–water partition coefficient (Wildman–Crippen LogP) is 5.66. The molecule has 0 radical (unpaired) electrons. The van der Waals surface area contributed by atoms with Gasteiger partial charge in [0.15, 0.2) is 0 Å². The minimum absolute atomic E-state index is 0.260. The summed E-state index contributed by atoms with van der Waals surface area (Å²) in [6.07, 6.45) is 1.69. The summed E-state index contributed by atoms with van der Waals surface area (Å²) < 4.78 is 30.8. The Morgan fingerprint density at radius 1 is 1.26 bits per heavy atom. The van der Waals surface area contributed by atoms with Crippen molar-refractivity contribution in [2.75, 3.05) is 17.6 Å². The van der Waals surface area contributed by atoms with Gasteiger partial charge in [-0.25, -0.2) is 9.37 Å². The van der Waals surface area contributed by atoms with Crippen LogP contribution < -0.4 is 0 Å². The van der Waals surface area contributed by atoms with E-state index >= 15 is 0 Å². The number of benzene rings is 2. The number of imidazole rings is 1. The van der Waals surface area contributed by atoms with Crippen molar-refractivity contribution in [2.45, 2.75) is 33.2 Å². The van der Waals surface area contributed by atoms with Gasteiger partial charge < -0.3 is 18.6 Å². The molecule has 34 heavy (non-hydrogen) atoms. The highest BCUT2D eigenvalue weighted by atomic mass is 127. The number of aromatic nitrogens is 3. The maximum atomic E-state index is 13.7. The molecule has 5 rings (SSSR count). The van der Waals surface area contributed by atoms with Crippen LogP contribution in [0.1, 0.15) is 34.2 Å². The second kappa shape index (κ2) is 9.49. The number of nitriles is 1. The molecular formula is C26H24FIN4O2. The SMILES string of the molecule is Cc1cc(F)ccc1C1OCCn2cc(-c3cc4c(C)c(C#N)ccc4n3COCCI)nc21. The molecule has 3 heterocycles. The molecule has 6 nitrogen and oxygen atoms in total. The Morgan fingerprint density at radius 3 is 2.88 bits per heavy atom. The van der Waals surface area contributed by atoms with E-state index in [1.807, 2.05) is 32.2 Å². The molecule has 2 aromatic heterocycles. The molecule has 174 valence electrons. The first-order chi connectivity index (χ1) is 16.5. The van der Waals surface area contributed by atoms with Crippen LogP contribution in [0, 0.1) is 31.0 Å². The molecule has 8 heteroatoms. The summed E-state index contributed by atoms with van der Waals surface area (Å²) in [4.78, 5) is 5.00. The number of hydrogen-bond acceptors (Lipinski definition) is 4. The standard InChI is InChI=1S/C26H24FIN4O2/c1-16-11-19(27)4-5-20(16)25-26-30-22(14-31(26)8-10-34-25)24-12-21-17(2)18(13-29)3-6-23(21)32(24)15-33-9-7-28/h3-6,11-12,14,25H,7-10,15H2,1-2H3. The lowest BCUT2D eigenvalue weighted by atomic mass is 10.0. The molecule has 0 amide bonds. The highest BCUT2D eigenvalue weighted by Crippen LogP contribution is 2.36. The molecular weight excluding hydrogens is 546 g/mol. The zero-order valence-electron chi connectivity index (χ0n) is 19.0. The second-order valence-electron chi connectivity index (χ2n) is 8.40. The third kappa shape index (κ3) is 4.02. The van der Waals surface area contributed by atoms with Gasteiger partial charge in [0.25, 0.3) is 0 Å². The molecule has 0 spiro atoms. The van der Waals surface area contributed by atoms with Crippen LogP contribution in [0.15, 0.2) is 42.6 Å². The second-order valence-corrected chi connectivity index (χ2v) is 9.47. The largest absolute Gasteiger partial charge is 0.364 e. The number of nitrogens with zero attached hydrogens (tertiary/aromatic N) is 4. The first-order valence-corrected chi connectivity index (χ1v) is 12.7. The number of aryl methyl sites for hydroxylation is 2. The topological polar surface area (TPSA) is 65.0 Å². The van der Waals surface area contributed by atoms with Gasteiger partial charge in [-0.15, -0.1) is 0 Å². The van der Waals surface area contributed by atoms with Crippen LogP contribution in [0.2, 0.25) is 0 Å². The monoisotopic (exact) mass is 570 g/mol. The lowest BCUT2D eigenvalue weighted by molar-refractivity contribution is 0.0426. The van der Waals surface area contributed by atoms with Gasteiger partial charge in [-0.05, 0) is 60.9 Å². The molecule has 1 atom stereocenters. The molecule has 0 fully saturated rings. The maximum Gasteiger partial charge on any atom is 0.143 e. The van der Waals surface area contributed by atoms with E-state index in [0.717, 1.165) is 49.2 Å². The summed E-state index contributed by atoms with van der Waals surface area (Å²) in [6, 6.07) is 13.0. The van der Waals surface area contributed by atoms with E-state index < -0.39 is 0 Å². The number of ether oxygens (including phenoxy) is 2. The Balaban J connectivity index is 1.63. The zero-order chi connectivity index (χ0) is 23.8. The van der Waals surface area contributed by atoms with E-state index in [2.05, 4.69) is 43.9 Å². The molecule has 1 aliphatic heterocycles. The van der Waals surface area contributed by atoms with Crippen LogP contribution >= 0.6 is 22.6 Å². The molecule has 0 saturated heterocycles. The van der Waals surface area contributed by atoms with Gasteiger partial charge in [-0.3, -0.25) is 0 Å². The van der Waals surface area contributed by atoms with E-state index in [9.17, 15) is 9.65 Å². The lowest BCUT2D eigenvalue weighted by Crippen LogP contribution is -2.23. The highest BCUT2D eigenvalue weighted by molar-refractivity contribution is 14.1. The van der Waals surface area contributed by atoms with Gasteiger partial charge in [0.2, 0.25) is 0 Å². The normalized spacial score (nSPS) is 15.4. The summed E-state index contributed by atoms with van der Waals surface area (Å²) >= 11 is 2.30. The van der Waals surface area contributed by atoms with Gasteiger partial charge in [0, 0.05) is 22.6 Å². The van der Waals surface area contributed by atoms with E-state index in [1.54, 1.807) is 6.07 Å². The molecule has 1 unspecified atom stereocenters. The van der Waals surface area contributed by atoms with Crippen LogP contribution in [-0.2, 0) is 22.7 Å². The number of hydrogen-bond donors (Lipinski definition) is 0. The smallest absolute Gasteiger partial charge is 0.143 e. The molecule has 1 aliphatic rings. The molecule has 0 aliphatic carbocycles. The minimum Gasteiger partial charge on any atom is -0.364 e. The van der Waals surface area contributed by atoms with Gasteiger partial charge in [0.05, 0.1) is 36.1 Å². The molecule has 4 aromatic rings. The molecule has 2 aromatic carbocycles.